The highest BCUT2D eigenvalue weighted by Crippen LogP contribution is 2.35. The van der Waals surface area contributed by atoms with Crippen LogP contribution in [-0.4, -0.2) is 28.4 Å². The maximum absolute atomic E-state index is 12.6. The van der Waals surface area contributed by atoms with Crippen LogP contribution >= 0.6 is 0 Å². The molecule has 3 nitrogen and oxygen atoms in total. The normalized spacial score (nSPS) is 27.7. The van der Waals surface area contributed by atoms with E-state index in [9.17, 15) is 4.79 Å². The van der Waals surface area contributed by atoms with Crippen molar-refractivity contribution in [2.24, 2.45) is 5.92 Å². The average Bonchev–Trinajstić information content (AvgIpc) is 2.47. The minimum absolute atomic E-state index is 0.203. The molecule has 96 valence electrons. The summed E-state index contributed by atoms with van der Waals surface area (Å²) in [6, 6.07) is 4.15. The van der Waals surface area contributed by atoms with Crippen LogP contribution in [0.1, 0.15) is 48.9 Å². The zero-order chi connectivity index (χ0) is 12.4. The Morgan fingerprint density at radius 3 is 2.67 bits per heavy atom. The summed E-state index contributed by atoms with van der Waals surface area (Å²) in [5.74, 6) is 0.951. The van der Waals surface area contributed by atoms with Crippen LogP contribution < -0.4 is 0 Å². The fraction of sp³-hybridized carbons (Fsp3) is 0.600. The van der Waals surface area contributed by atoms with Gasteiger partial charge >= 0.3 is 0 Å². The minimum atomic E-state index is 0.203. The third-order valence-corrected chi connectivity index (χ3v) is 4.43. The number of carbonyl (C=O) groups is 1. The summed E-state index contributed by atoms with van der Waals surface area (Å²) in [4.78, 5) is 18.7. The van der Waals surface area contributed by atoms with Crippen molar-refractivity contribution in [1.29, 1.82) is 0 Å². The second-order valence-corrected chi connectivity index (χ2v) is 5.49. The third-order valence-electron chi connectivity index (χ3n) is 4.43. The summed E-state index contributed by atoms with van der Waals surface area (Å²) < 4.78 is 0. The molecule has 2 fully saturated rings. The molecule has 1 saturated carbocycles. The van der Waals surface area contributed by atoms with E-state index in [4.69, 9.17) is 0 Å². The Morgan fingerprint density at radius 2 is 1.83 bits per heavy atom. The topological polar surface area (TPSA) is 33.2 Å². The van der Waals surface area contributed by atoms with E-state index < -0.39 is 0 Å². The van der Waals surface area contributed by atoms with E-state index in [1.807, 2.05) is 12.1 Å². The van der Waals surface area contributed by atoms with Crippen LogP contribution in [-0.2, 0) is 0 Å². The SMILES string of the molecule is O=C(c1ccncc1)N1CCC[C@H]2CCCC[C@@H]21. The molecule has 1 saturated heterocycles. The van der Waals surface area contributed by atoms with Crippen molar-refractivity contribution in [3.05, 3.63) is 30.1 Å². The van der Waals surface area contributed by atoms with Crippen molar-refractivity contribution in [1.82, 2.24) is 9.88 Å². The molecular formula is C15H20N2O. The molecule has 2 heterocycles. The second-order valence-electron chi connectivity index (χ2n) is 5.49. The van der Waals surface area contributed by atoms with Crippen LogP contribution in [0.5, 0.6) is 0 Å². The zero-order valence-electron chi connectivity index (χ0n) is 10.7. The number of hydrogen-bond acceptors (Lipinski definition) is 2. The molecule has 1 aliphatic carbocycles. The summed E-state index contributed by atoms with van der Waals surface area (Å²) in [5.41, 5.74) is 0.788. The largest absolute Gasteiger partial charge is 0.335 e. The average molecular weight is 244 g/mol. The number of hydrogen-bond donors (Lipinski definition) is 0. The van der Waals surface area contributed by atoms with Gasteiger partial charge in [0.1, 0.15) is 0 Å². The highest BCUT2D eigenvalue weighted by atomic mass is 16.2. The molecular weight excluding hydrogens is 224 g/mol. The first-order valence-corrected chi connectivity index (χ1v) is 7.07. The maximum Gasteiger partial charge on any atom is 0.254 e. The van der Waals surface area contributed by atoms with E-state index >= 15 is 0 Å². The molecule has 3 rings (SSSR count). The highest BCUT2D eigenvalue weighted by Gasteiger charge is 2.35. The lowest BCUT2D eigenvalue weighted by molar-refractivity contribution is 0.0390. The summed E-state index contributed by atoms with van der Waals surface area (Å²) in [7, 11) is 0. The van der Waals surface area contributed by atoms with Crippen LogP contribution in [0.4, 0.5) is 0 Å². The number of carbonyl (C=O) groups excluding carboxylic acids is 1. The molecule has 2 atom stereocenters. The highest BCUT2D eigenvalue weighted by molar-refractivity contribution is 5.94. The van der Waals surface area contributed by atoms with Gasteiger partial charge in [0.2, 0.25) is 0 Å². The smallest absolute Gasteiger partial charge is 0.254 e. The van der Waals surface area contributed by atoms with Gasteiger partial charge in [-0.15, -0.1) is 0 Å². The van der Waals surface area contributed by atoms with Gasteiger partial charge in [-0.2, -0.15) is 0 Å². The number of aromatic nitrogens is 1. The molecule has 0 bridgehead atoms. The van der Waals surface area contributed by atoms with E-state index in [1.165, 1.54) is 32.1 Å². The van der Waals surface area contributed by atoms with Crippen LogP contribution in [0.25, 0.3) is 0 Å². The number of piperidine rings is 1. The Balaban J connectivity index is 1.80. The van der Waals surface area contributed by atoms with Gasteiger partial charge in [-0.3, -0.25) is 9.78 Å². The number of rotatable bonds is 1. The third kappa shape index (κ3) is 2.14. The summed E-state index contributed by atoms with van der Waals surface area (Å²) in [5, 5.41) is 0. The van der Waals surface area contributed by atoms with Gasteiger partial charge in [0, 0.05) is 30.5 Å². The zero-order valence-corrected chi connectivity index (χ0v) is 10.7. The quantitative estimate of drug-likeness (QED) is 0.761. The van der Waals surface area contributed by atoms with Gasteiger partial charge in [-0.05, 0) is 43.7 Å². The lowest BCUT2D eigenvalue weighted by atomic mass is 9.78. The first-order chi connectivity index (χ1) is 8.86. The van der Waals surface area contributed by atoms with Gasteiger partial charge in [-0.25, -0.2) is 0 Å². The molecule has 2 aliphatic rings. The molecule has 18 heavy (non-hydrogen) atoms. The number of fused-ring (bicyclic) bond motifs is 1. The Hall–Kier alpha value is -1.38. The Kier molecular flexibility index (Phi) is 3.31. The van der Waals surface area contributed by atoms with Gasteiger partial charge in [0.05, 0.1) is 0 Å². The Morgan fingerprint density at radius 1 is 1.11 bits per heavy atom. The van der Waals surface area contributed by atoms with Gasteiger partial charge < -0.3 is 4.90 Å². The van der Waals surface area contributed by atoms with Crippen molar-refractivity contribution < 1.29 is 4.79 Å². The predicted molar refractivity (Wildman–Crippen MR) is 70.3 cm³/mol. The van der Waals surface area contributed by atoms with Crippen LogP contribution in [0.2, 0.25) is 0 Å². The Labute approximate surface area is 108 Å². The van der Waals surface area contributed by atoms with E-state index in [2.05, 4.69) is 9.88 Å². The standard InChI is InChI=1S/C15H20N2O/c18-15(13-7-9-16-10-8-13)17-11-3-5-12-4-1-2-6-14(12)17/h7-10,12,14H,1-6,11H2/t12-,14+/m1/s1. The fourth-order valence-electron chi connectivity index (χ4n) is 3.54. The monoisotopic (exact) mass is 244 g/mol. The molecule has 1 aromatic heterocycles. The van der Waals surface area contributed by atoms with Crippen molar-refractivity contribution in [2.75, 3.05) is 6.54 Å². The minimum Gasteiger partial charge on any atom is -0.335 e. The molecule has 0 aromatic carbocycles. The number of pyridine rings is 1. The summed E-state index contributed by atoms with van der Waals surface area (Å²) >= 11 is 0. The van der Waals surface area contributed by atoms with E-state index in [0.717, 1.165) is 24.4 Å². The first-order valence-electron chi connectivity index (χ1n) is 7.07. The van der Waals surface area contributed by atoms with Crippen molar-refractivity contribution in [2.45, 2.75) is 44.6 Å². The molecule has 1 aliphatic heterocycles. The Bertz CT molecular complexity index is 416. The summed E-state index contributed by atoms with van der Waals surface area (Å²) in [6.07, 6.45) is 11.0. The van der Waals surface area contributed by atoms with Crippen molar-refractivity contribution in [3.8, 4) is 0 Å². The van der Waals surface area contributed by atoms with Gasteiger partial charge in [0.25, 0.3) is 5.91 Å². The molecule has 3 heteroatoms. The number of amides is 1. The summed E-state index contributed by atoms with van der Waals surface area (Å²) in [6.45, 7) is 0.933. The fourth-order valence-corrected chi connectivity index (χ4v) is 3.54. The first kappa shape index (κ1) is 11.7. The molecule has 1 aromatic rings. The lowest BCUT2D eigenvalue weighted by Gasteiger charge is -2.44. The molecule has 0 unspecified atom stereocenters. The number of nitrogens with zero attached hydrogens (tertiary/aromatic N) is 2. The van der Waals surface area contributed by atoms with Crippen LogP contribution in [0.3, 0.4) is 0 Å². The predicted octanol–water partition coefficient (Wildman–Crippen LogP) is 2.88. The molecule has 0 N–H and O–H groups in total. The van der Waals surface area contributed by atoms with Crippen LogP contribution in [0, 0.1) is 5.92 Å². The maximum atomic E-state index is 12.6. The van der Waals surface area contributed by atoms with E-state index in [1.54, 1.807) is 12.4 Å². The number of likely N-dealkylation sites (tertiary alicyclic amines) is 1. The van der Waals surface area contributed by atoms with Crippen LogP contribution in [0.15, 0.2) is 24.5 Å². The van der Waals surface area contributed by atoms with Crippen molar-refractivity contribution in [3.63, 3.8) is 0 Å². The lowest BCUT2D eigenvalue weighted by Crippen LogP contribution is -2.49. The van der Waals surface area contributed by atoms with E-state index in [-0.39, 0.29) is 5.91 Å². The van der Waals surface area contributed by atoms with Crippen molar-refractivity contribution >= 4 is 5.91 Å². The van der Waals surface area contributed by atoms with Gasteiger partial charge in [-0.1, -0.05) is 12.8 Å². The van der Waals surface area contributed by atoms with E-state index in [0.29, 0.717) is 6.04 Å². The second kappa shape index (κ2) is 5.09. The molecule has 1 amide bonds. The van der Waals surface area contributed by atoms with Gasteiger partial charge in [0.15, 0.2) is 0 Å². The molecule has 0 spiro atoms. The molecule has 0 radical (unpaired) electrons.